The second kappa shape index (κ2) is 3.99. The van der Waals surface area contributed by atoms with Gasteiger partial charge in [0.05, 0.1) is 6.26 Å². The lowest BCUT2D eigenvalue weighted by Gasteiger charge is -2.22. The Morgan fingerprint density at radius 1 is 1.29 bits per heavy atom. The van der Waals surface area contributed by atoms with Gasteiger partial charge in [-0.3, -0.25) is 4.18 Å². The van der Waals surface area contributed by atoms with E-state index < -0.39 is 40.5 Å². The standard InChI is InChI=1S/C9H14O7S/c1-9(2)14-7-6(16-17(3,11)12)5(4-10)13-8(7)15-9/h4-8H,1-3H3/t5-,6+,7-,8-/m1/s1. The minimum absolute atomic E-state index is 0.480. The number of hydrogen-bond donors (Lipinski definition) is 0. The number of aldehydes is 1. The van der Waals surface area contributed by atoms with Gasteiger partial charge in [-0.25, -0.2) is 0 Å². The predicted octanol–water partition coefficient (Wildman–Crippen LogP) is -0.593. The summed E-state index contributed by atoms with van der Waals surface area (Å²) in [5.74, 6) is -0.887. The van der Waals surface area contributed by atoms with Crippen molar-refractivity contribution in [1.82, 2.24) is 0 Å². The first kappa shape index (κ1) is 12.9. The third-order valence-corrected chi connectivity index (χ3v) is 3.02. The largest absolute Gasteiger partial charge is 0.339 e. The predicted molar refractivity (Wildman–Crippen MR) is 54.5 cm³/mol. The van der Waals surface area contributed by atoms with Crippen LogP contribution in [0.3, 0.4) is 0 Å². The molecule has 2 aliphatic rings. The molecule has 4 atom stereocenters. The van der Waals surface area contributed by atoms with E-state index in [0.29, 0.717) is 6.29 Å². The Hall–Kier alpha value is -0.540. The highest BCUT2D eigenvalue weighted by Crippen LogP contribution is 2.38. The van der Waals surface area contributed by atoms with Gasteiger partial charge in [0.15, 0.2) is 18.4 Å². The van der Waals surface area contributed by atoms with Crippen LogP contribution in [0, 0.1) is 0 Å². The normalized spacial score (nSPS) is 40.2. The molecule has 0 aromatic carbocycles. The van der Waals surface area contributed by atoms with Crippen LogP contribution >= 0.6 is 0 Å². The molecule has 2 heterocycles. The van der Waals surface area contributed by atoms with Gasteiger partial charge in [-0.1, -0.05) is 0 Å². The zero-order valence-corrected chi connectivity index (χ0v) is 10.5. The summed E-state index contributed by atoms with van der Waals surface area (Å²) in [5, 5.41) is 0. The summed E-state index contributed by atoms with van der Waals surface area (Å²) >= 11 is 0. The second-order valence-corrected chi connectivity index (χ2v) is 6.07. The number of carbonyl (C=O) groups is 1. The van der Waals surface area contributed by atoms with E-state index in [4.69, 9.17) is 18.4 Å². The highest BCUT2D eigenvalue weighted by Gasteiger charge is 2.56. The average molecular weight is 266 g/mol. The molecule has 0 N–H and O–H groups in total. The van der Waals surface area contributed by atoms with Crippen molar-refractivity contribution in [3.8, 4) is 0 Å². The molecule has 0 saturated carbocycles. The molecule has 17 heavy (non-hydrogen) atoms. The van der Waals surface area contributed by atoms with E-state index in [1.807, 2.05) is 0 Å². The average Bonchev–Trinajstić information content (AvgIpc) is 2.58. The molecule has 0 aromatic rings. The quantitative estimate of drug-likeness (QED) is 0.498. The van der Waals surface area contributed by atoms with Crippen LogP contribution in [0.2, 0.25) is 0 Å². The summed E-state index contributed by atoms with van der Waals surface area (Å²) in [4.78, 5) is 10.8. The van der Waals surface area contributed by atoms with E-state index in [0.717, 1.165) is 6.26 Å². The molecule has 2 saturated heterocycles. The van der Waals surface area contributed by atoms with E-state index in [1.165, 1.54) is 0 Å². The summed E-state index contributed by atoms with van der Waals surface area (Å²) in [6, 6.07) is 0. The third-order valence-electron chi connectivity index (χ3n) is 2.45. The smallest absolute Gasteiger partial charge is 0.264 e. The monoisotopic (exact) mass is 266 g/mol. The summed E-state index contributed by atoms with van der Waals surface area (Å²) in [6.07, 6.45) is -2.14. The van der Waals surface area contributed by atoms with E-state index in [2.05, 4.69) is 0 Å². The van der Waals surface area contributed by atoms with Gasteiger partial charge in [-0.2, -0.15) is 8.42 Å². The molecule has 0 radical (unpaired) electrons. The van der Waals surface area contributed by atoms with Gasteiger partial charge >= 0.3 is 0 Å². The van der Waals surface area contributed by atoms with Crippen LogP contribution in [0.1, 0.15) is 13.8 Å². The van der Waals surface area contributed by atoms with Gasteiger partial charge in [-0.05, 0) is 13.8 Å². The number of hydrogen-bond acceptors (Lipinski definition) is 7. The molecule has 2 rings (SSSR count). The molecule has 7 nitrogen and oxygen atoms in total. The van der Waals surface area contributed by atoms with E-state index >= 15 is 0 Å². The maximum Gasteiger partial charge on any atom is 0.264 e. The third kappa shape index (κ3) is 2.66. The zero-order valence-electron chi connectivity index (χ0n) is 9.65. The SMILES string of the molecule is CC1(C)O[C@H]2O[C@H](C=O)[C@H](OS(C)(=O)=O)[C@H]2O1. The van der Waals surface area contributed by atoms with E-state index in [-0.39, 0.29) is 0 Å². The van der Waals surface area contributed by atoms with Crippen LogP contribution in [-0.2, 0) is 33.3 Å². The van der Waals surface area contributed by atoms with Crippen molar-refractivity contribution < 1.29 is 31.6 Å². The van der Waals surface area contributed by atoms with Gasteiger partial charge in [-0.15, -0.1) is 0 Å². The summed E-state index contributed by atoms with van der Waals surface area (Å²) in [5.41, 5.74) is 0. The topological polar surface area (TPSA) is 88.1 Å². The minimum atomic E-state index is -3.70. The lowest BCUT2D eigenvalue weighted by Crippen LogP contribution is -2.38. The lowest BCUT2D eigenvalue weighted by atomic mass is 10.1. The van der Waals surface area contributed by atoms with Crippen molar-refractivity contribution in [3.63, 3.8) is 0 Å². The molecule has 0 spiro atoms. The van der Waals surface area contributed by atoms with E-state index in [9.17, 15) is 13.2 Å². The van der Waals surface area contributed by atoms with Crippen LogP contribution < -0.4 is 0 Å². The van der Waals surface area contributed by atoms with Crippen LogP contribution in [0.25, 0.3) is 0 Å². The molecule has 98 valence electrons. The Morgan fingerprint density at radius 2 is 1.94 bits per heavy atom. The maximum atomic E-state index is 11.1. The Morgan fingerprint density at radius 3 is 2.47 bits per heavy atom. The van der Waals surface area contributed by atoms with Crippen molar-refractivity contribution in [2.45, 2.75) is 44.2 Å². The van der Waals surface area contributed by atoms with Crippen molar-refractivity contribution in [3.05, 3.63) is 0 Å². The highest BCUT2D eigenvalue weighted by atomic mass is 32.2. The Balaban J connectivity index is 2.19. The fraction of sp³-hybridized carbons (Fsp3) is 0.889. The number of fused-ring (bicyclic) bond motifs is 1. The number of ether oxygens (including phenoxy) is 3. The molecule has 0 unspecified atom stereocenters. The van der Waals surface area contributed by atoms with Crippen molar-refractivity contribution in [2.24, 2.45) is 0 Å². The summed E-state index contributed by atoms with van der Waals surface area (Å²) in [7, 11) is -3.70. The van der Waals surface area contributed by atoms with Gasteiger partial charge in [0, 0.05) is 0 Å². The Kier molecular flexibility index (Phi) is 3.03. The molecular formula is C9H14O7S. The molecule has 0 bridgehead atoms. The van der Waals surface area contributed by atoms with Crippen molar-refractivity contribution in [1.29, 1.82) is 0 Å². The van der Waals surface area contributed by atoms with Crippen molar-refractivity contribution >= 4 is 16.4 Å². The molecule has 2 fully saturated rings. The molecule has 2 aliphatic heterocycles. The molecular weight excluding hydrogens is 252 g/mol. The molecule has 0 aliphatic carbocycles. The lowest BCUT2D eigenvalue weighted by molar-refractivity contribution is -0.210. The highest BCUT2D eigenvalue weighted by molar-refractivity contribution is 7.86. The Bertz CT molecular complexity index is 415. The Labute approximate surface area is 99.1 Å². The van der Waals surface area contributed by atoms with Gasteiger partial charge in [0.2, 0.25) is 0 Å². The van der Waals surface area contributed by atoms with Crippen LogP contribution in [0.5, 0.6) is 0 Å². The maximum absolute atomic E-state index is 11.1. The fourth-order valence-electron chi connectivity index (χ4n) is 1.93. The van der Waals surface area contributed by atoms with Crippen LogP contribution in [0.4, 0.5) is 0 Å². The van der Waals surface area contributed by atoms with Crippen LogP contribution in [-0.4, -0.2) is 51.3 Å². The first-order chi connectivity index (χ1) is 7.72. The minimum Gasteiger partial charge on any atom is -0.339 e. The van der Waals surface area contributed by atoms with Crippen molar-refractivity contribution in [2.75, 3.05) is 6.26 Å². The summed E-state index contributed by atoms with van der Waals surface area (Å²) in [6.45, 7) is 3.34. The first-order valence-corrected chi connectivity index (χ1v) is 6.88. The second-order valence-electron chi connectivity index (χ2n) is 4.47. The van der Waals surface area contributed by atoms with Gasteiger partial charge in [0.1, 0.15) is 18.3 Å². The molecule has 8 heteroatoms. The van der Waals surface area contributed by atoms with Crippen LogP contribution in [0.15, 0.2) is 0 Å². The first-order valence-electron chi connectivity index (χ1n) is 5.06. The number of rotatable bonds is 3. The molecule has 0 amide bonds. The fourth-order valence-corrected chi connectivity index (χ4v) is 2.55. The molecule has 0 aromatic heterocycles. The van der Waals surface area contributed by atoms with Gasteiger partial charge in [0.25, 0.3) is 10.1 Å². The summed E-state index contributed by atoms with van der Waals surface area (Å²) < 4.78 is 43.1. The van der Waals surface area contributed by atoms with Gasteiger partial charge < -0.3 is 19.0 Å². The number of carbonyl (C=O) groups excluding carboxylic acids is 1. The zero-order chi connectivity index (χ0) is 12.8. The van der Waals surface area contributed by atoms with E-state index in [1.54, 1.807) is 13.8 Å².